The van der Waals surface area contributed by atoms with E-state index >= 15 is 0 Å². The largest absolute Gasteiger partial charge is 0.369 e. The first kappa shape index (κ1) is 9.26. The summed E-state index contributed by atoms with van der Waals surface area (Å²) >= 11 is 0. The Balaban J connectivity index is 2.57. The molecule has 1 aliphatic rings. The number of nitrogens with zero attached hydrogens (tertiary/aromatic N) is 1. The molecule has 1 amide bonds. The second-order valence-electron chi connectivity index (χ2n) is 3.48. The van der Waals surface area contributed by atoms with Gasteiger partial charge in [0.15, 0.2) is 0 Å². The Kier molecular flexibility index (Phi) is 2.87. The maximum absolute atomic E-state index is 10.9. The summed E-state index contributed by atoms with van der Waals surface area (Å²) in [5.41, 5.74) is 5.21. The van der Waals surface area contributed by atoms with Crippen LogP contribution in [0.5, 0.6) is 0 Å². The topological polar surface area (TPSA) is 46.3 Å². The Morgan fingerprint density at radius 2 is 2.33 bits per heavy atom. The number of rotatable bonds is 2. The van der Waals surface area contributed by atoms with Gasteiger partial charge in [0.1, 0.15) is 0 Å². The fourth-order valence-corrected chi connectivity index (χ4v) is 1.36. The lowest BCUT2D eigenvalue weighted by Gasteiger charge is -2.30. The number of carbonyl (C=O) groups is 1. The highest BCUT2D eigenvalue weighted by molar-refractivity contribution is 5.78. The zero-order valence-corrected chi connectivity index (χ0v) is 7.66. The van der Waals surface area contributed by atoms with E-state index in [0.717, 1.165) is 13.1 Å². The third kappa shape index (κ3) is 2.08. The van der Waals surface area contributed by atoms with E-state index in [9.17, 15) is 4.79 Å². The first-order valence-electron chi connectivity index (χ1n) is 4.31. The van der Waals surface area contributed by atoms with Gasteiger partial charge in [0.25, 0.3) is 0 Å². The van der Waals surface area contributed by atoms with E-state index in [1.54, 1.807) is 0 Å². The van der Waals surface area contributed by atoms with Crippen LogP contribution in [-0.4, -0.2) is 29.9 Å². The summed E-state index contributed by atoms with van der Waals surface area (Å²) in [6, 6.07) is 0.483. The number of carbonyl (C=O) groups excluding carboxylic acids is 1. The highest BCUT2D eigenvalue weighted by Crippen LogP contribution is 2.11. The van der Waals surface area contributed by atoms with E-state index < -0.39 is 0 Å². The fraction of sp³-hybridized carbons (Fsp3) is 0.667. The Bertz CT molecular complexity index is 199. The lowest BCUT2D eigenvalue weighted by Crippen LogP contribution is -2.41. The minimum absolute atomic E-state index is 0.0962. The van der Waals surface area contributed by atoms with E-state index in [1.165, 1.54) is 0 Å². The third-order valence-corrected chi connectivity index (χ3v) is 2.24. The lowest BCUT2D eigenvalue weighted by molar-refractivity contribution is -0.121. The Morgan fingerprint density at radius 3 is 2.83 bits per heavy atom. The standard InChI is InChI=1S/C9H16N2O/c1-7(2)11-5-3-4-8(6-11)9(10)12/h3-4,7-8H,5-6H2,1-2H3,(H2,10,12). The van der Waals surface area contributed by atoms with Crippen LogP contribution in [0.15, 0.2) is 12.2 Å². The maximum Gasteiger partial charge on any atom is 0.225 e. The van der Waals surface area contributed by atoms with Crippen molar-refractivity contribution in [1.29, 1.82) is 0 Å². The summed E-state index contributed by atoms with van der Waals surface area (Å²) in [6.07, 6.45) is 3.92. The second kappa shape index (κ2) is 3.72. The monoisotopic (exact) mass is 168 g/mol. The van der Waals surface area contributed by atoms with Gasteiger partial charge in [-0.2, -0.15) is 0 Å². The van der Waals surface area contributed by atoms with Crippen LogP contribution in [-0.2, 0) is 4.79 Å². The van der Waals surface area contributed by atoms with Crippen molar-refractivity contribution < 1.29 is 4.79 Å². The number of hydrogen-bond acceptors (Lipinski definition) is 2. The van der Waals surface area contributed by atoms with E-state index in [4.69, 9.17) is 5.73 Å². The van der Waals surface area contributed by atoms with Crippen molar-refractivity contribution in [3.8, 4) is 0 Å². The van der Waals surface area contributed by atoms with Gasteiger partial charge < -0.3 is 5.73 Å². The molecule has 2 N–H and O–H groups in total. The molecule has 3 nitrogen and oxygen atoms in total. The van der Waals surface area contributed by atoms with Gasteiger partial charge in [-0.3, -0.25) is 9.69 Å². The van der Waals surface area contributed by atoms with Gasteiger partial charge in [-0.1, -0.05) is 12.2 Å². The molecule has 1 heterocycles. The number of primary amides is 1. The van der Waals surface area contributed by atoms with Gasteiger partial charge >= 0.3 is 0 Å². The summed E-state index contributed by atoms with van der Waals surface area (Å²) in [7, 11) is 0. The van der Waals surface area contributed by atoms with Crippen LogP contribution in [0, 0.1) is 5.92 Å². The number of nitrogens with two attached hydrogens (primary N) is 1. The SMILES string of the molecule is CC(C)N1CC=CC(C(N)=O)C1. The molecule has 1 atom stereocenters. The average Bonchev–Trinajstić information content (AvgIpc) is 2.04. The molecule has 0 spiro atoms. The van der Waals surface area contributed by atoms with Crippen LogP contribution >= 0.6 is 0 Å². The van der Waals surface area contributed by atoms with Gasteiger partial charge in [0, 0.05) is 19.1 Å². The molecule has 0 aliphatic carbocycles. The first-order valence-corrected chi connectivity index (χ1v) is 4.31. The Hall–Kier alpha value is -0.830. The molecular weight excluding hydrogens is 152 g/mol. The van der Waals surface area contributed by atoms with E-state index in [2.05, 4.69) is 18.7 Å². The van der Waals surface area contributed by atoms with Crippen molar-refractivity contribution in [1.82, 2.24) is 4.90 Å². The molecule has 0 aromatic rings. The zero-order valence-electron chi connectivity index (χ0n) is 7.66. The van der Waals surface area contributed by atoms with Gasteiger partial charge in [0.2, 0.25) is 5.91 Å². The molecule has 68 valence electrons. The minimum Gasteiger partial charge on any atom is -0.369 e. The highest BCUT2D eigenvalue weighted by Gasteiger charge is 2.20. The molecule has 1 rings (SSSR count). The predicted octanol–water partition coefficient (Wildman–Crippen LogP) is 0.368. The maximum atomic E-state index is 10.9. The van der Waals surface area contributed by atoms with Crippen molar-refractivity contribution in [2.24, 2.45) is 11.7 Å². The van der Waals surface area contributed by atoms with Crippen LogP contribution in [0.1, 0.15) is 13.8 Å². The van der Waals surface area contributed by atoms with Crippen LogP contribution in [0.25, 0.3) is 0 Å². The van der Waals surface area contributed by atoms with Gasteiger partial charge in [-0.25, -0.2) is 0 Å². The molecule has 0 fully saturated rings. The molecule has 0 saturated heterocycles. The average molecular weight is 168 g/mol. The predicted molar refractivity (Wildman–Crippen MR) is 48.5 cm³/mol. The quantitative estimate of drug-likeness (QED) is 0.605. The van der Waals surface area contributed by atoms with Crippen molar-refractivity contribution in [2.75, 3.05) is 13.1 Å². The summed E-state index contributed by atoms with van der Waals surface area (Å²) in [5, 5.41) is 0. The van der Waals surface area contributed by atoms with Gasteiger partial charge in [-0.05, 0) is 13.8 Å². The van der Waals surface area contributed by atoms with Crippen LogP contribution < -0.4 is 5.73 Å². The van der Waals surface area contributed by atoms with Crippen molar-refractivity contribution in [3.05, 3.63) is 12.2 Å². The molecule has 0 bridgehead atoms. The van der Waals surface area contributed by atoms with Gasteiger partial charge in [0.05, 0.1) is 5.92 Å². The van der Waals surface area contributed by atoms with E-state index in [-0.39, 0.29) is 11.8 Å². The van der Waals surface area contributed by atoms with E-state index in [0.29, 0.717) is 6.04 Å². The number of amides is 1. The van der Waals surface area contributed by atoms with Crippen molar-refractivity contribution >= 4 is 5.91 Å². The molecule has 1 unspecified atom stereocenters. The first-order chi connectivity index (χ1) is 5.61. The van der Waals surface area contributed by atoms with Crippen LogP contribution in [0.4, 0.5) is 0 Å². The minimum atomic E-state index is -0.225. The molecule has 0 saturated carbocycles. The molecule has 0 aromatic heterocycles. The van der Waals surface area contributed by atoms with Crippen molar-refractivity contribution in [3.63, 3.8) is 0 Å². The molecule has 0 radical (unpaired) electrons. The summed E-state index contributed by atoms with van der Waals surface area (Å²) in [5.74, 6) is -0.322. The molecule has 1 aliphatic heterocycles. The molecular formula is C9H16N2O. The molecule has 3 heteroatoms. The summed E-state index contributed by atoms with van der Waals surface area (Å²) < 4.78 is 0. The van der Waals surface area contributed by atoms with Crippen LogP contribution in [0.2, 0.25) is 0 Å². The normalized spacial score (nSPS) is 24.8. The Morgan fingerprint density at radius 1 is 1.67 bits per heavy atom. The Labute approximate surface area is 73.2 Å². The summed E-state index contributed by atoms with van der Waals surface area (Å²) in [4.78, 5) is 13.1. The van der Waals surface area contributed by atoms with Crippen molar-refractivity contribution in [2.45, 2.75) is 19.9 Å². The lowest BCUT2D eigenvalue weighted by atomic mass is 10.0. The highest BCUT2D eigenvalue weighted by atomic mass is 16.1. The zero-order chi connectivity index (χ0) is 9.14. The second-order valence-corrected chi connectivity index (χ2v) is 3.48. The van der Waals surface area contributed by atoms with E-state index in [1.807, 2.05) is 12.2 Å². The van der Waals surface area contributed by atoms with Gasteiger partial charge in [-0.15, -0.1) is 0 Å². The third-order valence-electron chi connectivity index (χ3n) is 2.24. The molecule has 0 aromatic carbocycles. The summed E-state index contributed by atoms with van der Waals surface area (Å²) in [6.45, 7) is 5.94. The smallest absolute Gasteiger partial charge is 0.225 e. The fourth-order valence-electron chi connectivity index (χ4n) is 1.36. The van der Waals surface area contributed by atoms with Crippen LogP contribution in [0.3, 0.4) is 0 Å². The number of hydrogen-bond donors (Lipinski definition) is 1. The molecule has 12 heavy (non-hydrogen) atoms.